The number of H-pyrrole nitrogens is 1. The topological polar surface area (TPSA) is 28.7 Å². The van der Waals surface area contributed by atoms with Crippen molar-refractivity contribution < 1.29 is 0 Å². The van der Waals surface area contributed by atoms with Gasteiger partial charge in [0.15, 0.2) is 0 Å². The molecular formula is C19H13ClN2. The second kappa shape index (κ2) is 5.32. The summed E-state index contributed by atoms with van der Waals surface area (Å²) in [5.74, 6) is 0. The van der Waals surface area contributed by atoms with Gasteiger partial charge in [0, 0.05) is 51.2 Å². The summed E-state index contributed by atoms with van der Waals surface area (Å²) in [6, 6.07) is 18.3. The third kappa shape index (κ3) is 2.28. The minimum atomic E-state index is 0.737. The molecule has 4 rings (SSSR count). The van der Waals surface area contributed by atoms with Crippen LogP contribution in [0.2, 0.25) is 5.02 Å². The van der Waals surface area contributed by atoms with Crippen LogP contribution < -0.4 is 0 Å². The molecule has 0 radical (unpaired) electrons. The molecule has 2 aromatic heterocycles. The van der Waals surface area contributed by atoms with E-state index in [2.05, 4.69) is 28.2 Å². The third-order valence-corrected chi connectivity index (χ3v) is 4.04. The molecule has 0 fully saturated rings. The molecule has 0 bridgehead atoms. The molecule has 0 saturated carbocycles. The van der Waals surface area contributed by atoms with Crippen molar-refractivity contribution in [3.8, 4) is 22.3 Å². The Kier molecular flexibility index (Phi) is 3.17. The van der Waals surface area contributed by atoms with E-state index in [0.717, 1.165) is 38.2 Å². The summed E-state index contributed by atoms with van der Waals surface area (Å²) in [5.41, 5.74) is 5.53. The first kappa shape index (κ1) is 13.1. The number of nitrogens with one attached hydrogen (secondary N) is 1. The molecule has 0 aliphatic carbocycles. The number of fused-ring (bicyclic) bond motifs is 1. The summed E-state index contributed by atoms with van der Waals surface area (Å²) in [4.78, 5) is 7.69. The van der Waals surface area contributed by atoms with Crippen molar-refractivity contribution in [3.05, 3.63) is 78.2 Å². The average molecular weight is 305 g/mol. The highest BCUT2D eigenvalue weighted by molar-refractivity contribution is 6.31. The number of hydrogen-bond donors (Lipinski definition) is 1. The molecule has 2 heterocycles. The number of benzene rings is 2. The molecule has 4 aromatic rings. The van der Waals surface area contributed by atoms with Crippen LogP contribution >= 0.6 is 11.6 Å². The Labute approximate surface area is 133 Å². The fourth-order valence-electron chi connectivity index (χ4n) is 2.71. The Morgan fingerprint density at radius 3 is 2.50 bits per heavy atom. The molecule has 0 aliphatic heterocycles. The van der Waals surface area contributed by atoms with Crippen molar-refractivity contribution in [1.82, 2.24) is 9.97 Å². The van der Waals surface area contributed by atoms with E-state index in [1.54, 1.807) is 0 Å². The molecule has 0 aliphatic rings. The van der Waals surface area contributed by atoms with Gasteiger partial charge in [0.25, 0.3) is 0 Å². The van der Waals surface area contributed by atoms with Crippen LogP contribution in [0.15, 0.2) is 73.2 Å². The second-order valence-corrected chi connectivity index (χ2v) is 5.66. The molecule has 2 aromatic carbocycles. The molecule has 106 valence electrons. The van der Waals surface area contributed by atoms with E-state index in [-0.39, 0.29) is 0 Å². The highest BCUT2D eigenvalue weighted by Gasteiger charge is 2.08. The zero-order valence-electron chi connectivity index (χ0n) is 11.8. The Morgan fingerprint density at radius 1 is 0.818 bits per heavy atom. The van der Waals surface area contributed by atoms with E-state index in [0.29, 0.717) is 0 Å². The number of hydrogen-bond acceptors (Lipinski definition) is 1. The van der Waals surface area contributed by atoms with Gasteiger partial charge in [0.2, 0.25) is 0 Å². The normalized spacial score (nSPS) is 11.0. The van der Waals surface area contributed by atoms with E-state index in [1.807, 2.05) is 55.0 Å². The zero-order chi connectivity index (χ0) is 14.9. The van der Waals surface area contributed by atoms with Crippen LogP contribution in [0.1, 0.15) is 0 Å². The minimum Gasteiger partial charge on any atom is -0.361 e. The van der Waals surface area contributed by atoms with Gasteiger partial charge in [0.05, 0.1) is 0 Å². The van der Waals surface area contributed by atoms with Crippen molar-refractivity contribution in [3.63, 3.8) is 0 Å². The molecule has 2 nitrogen and oxygen atoms in total. The van der Waals surface area contributed by atoms with Crippen LogP contribution in [0.25, 0.3) is 33.2 Å². The Bertz CT molecular complexity index is 942. The Balaban J connectivity index is 1.87. The lowest BCUT2D eigenvalue weighted by Crippen LogP contribution is -1.83. The van der Waals surface area contributed by atoms with E-state index in [1.165, 1.54) is 0 Å². The predicted octanol–water partition coefficient (Wildman–Crippen LogP) is 5.55. The van der Waals surface area contributed by atoms with Gasteiger partial charge < -0.3 is 4.98 Å². The Morgan fingerprint density at radius 2 is 1.64 bits per heavy atom. The third-order valence-electron chi connectivity index (χ3n) is 3.80. The lowest BCUT2D eigenvalue weighted by Gasteiger charge is -2.04. The first-order chi connectivity index (χ1) is 10.8. The molecule has 3 heteroatoms. The smallest absolute Gasteiger partial charge is 0.0461 e. The van der Waals surface area contributed by atoms with Crippen molar-refractivity contribution >= 4 is 22.5 Å². The van der Waals surface area contributed by atoms with E-state index in [4.69, 9.17) is 11.6 Å². The summed E-state index contributed by atoms with van der Waals surface area (Å²) >= 11 is 6.13. The van der Waals surface area contributed by atoms with Gasteiger partial charge in [-0.2, -0.15) is 0 Å². The van der Waals surface area contributed by atoms with Crippen LogP contribution in [0, 0.1) is 0 Å². The molecule has 0 saturated heterocycles. The maximum absolute atomic E-state index is 6.13. The Hall–Kier alpha value is -2.58. The molecule has 22 heavy (non-hydrogen) atoms. The predicted molar refractivity (Wildman–Crippen MR) is 92.0 cm³/mol. The zero-order valence-corrected chi connectivity index (χ0v) is 12.5. The highest BCUT2D eigenvalue weighted by Crippen LogP contribution is 2.32. The summed E-state index contributed by atoms with van der Waals surface area (Å²) in [5, 5.41) is 1.85. The SMILES string of the molecule is Clc1ccc2[nH]cc(-c3cncc(-c4ccccc4)c3)c2c1. The van der Waals surface area contributed by atoms with E-state index < -0.39 is 0 Å². The lowest BCUT2D eigenvalue weighted by molar-refractivity contribution is 1.33. The van der Waals surface area contributed by atoms with Crippen molar-refractivity contribution in [2.45, 2.75) is 0 Å². The monoisotopic (exact) mass is 304 g/mol. The quantitative estimate of drug-likeness (QED) is 0.516. The van der Waals surface area contributed by atoms with Crippen molar-refractivity contribution in [2.24, 2.45) is 0 Å². The number of rotatable bonds is 2. The van der Waals surface area contributed by atoms with E-state index in [9.17, 15) is 0 Å². The number of pyridine rings is 1. The lowest BCUT2D eigenvalue weighted by atomic mass is 10.0. The molecule has 0 spiro atoms. The molecule has 0 atom stereocenters. The first-order valence-electron chi connectivity index (χ1n) is 7.09. The van der Waals surface area contributed by atoms with Crippen molar-refractivity contribution in [1.29, 1.82) is 0 Å². The van der Waals surface area contributed by atoms with Crippen LogP contribution in [0.5, 0.6) is 0 Å². The summed E-state index contributed by atoms with van der Waals surface area (Å²) < 4.78 is 0. The van der Waals surface area contributed by atoms with Crippen LogP contribution in [-0.2, 0) is 0 Å². The van der Waals surface area contributed by atoms with Crippen LogP contribution in [0.4, 0.5) is 0 Å². The minimum absolute atomic E-state index is 0.737. The number of aromatic amines is 1. The fourth-order valence-corrected chi connectivity index (χ4v) is 2.88. The van der Waals surface area contributed by atoms with Crippen LogP contribution in [0.3, 0.4) is 0 Å². The van der Waals surface area contributed by atoms with Gasteiger partial charge in [-0.1, -0.05) is 41.9 Å². The summed E-state index contributed by atoms with van der Waals surface area (Å²) in [6.45, 7) is 0. The molecule has 1 N–H and O–H groups in total. The number of aromatic nitrogens is 2. The van der Waals surface area contributed by atoms with Crippen LogP contribution in [-0.4, -0.2) is 9.97 Å². The maximum atomic E-state index is 6.13. The molecule has 0 unspecified atom stereocenters. The van der Waals surface area contributed by atoms with Gasteiger partial charge in [-0.05, 0) is 29.8 Å². The van der Waals surface area contributed by atoms with Gasteiger partial charge in [-0.15, -0.1) is 0 Å². The first-order valence-corrected chi connectivity index (χ1v) is 7.46. The van der Waals surface area contributed by atoms with Crippen molar-refractivity contribution in [2.75, 3.05) is 0 Å². The standard InChI is InChI=1S/C19H13ClN2/c20-16-6-7-19-17(9-16)18(12-22-19)15-8-14(10-21-11-15)13-4-2-1-3-5-13/h1-12,22H. The average Bonchev–Trinajstić information content (AvgIpc) is 2.99. The van der Waals surface area contributed by atoms with Gasteiger partial charge in [-0.3, -0.25) is 4.98 Å². The molecular weight excluding hydrogens is 292 g/mol. The summed E-state index contributed by atoms with van der Waals surface area (Å²) in [7, 11) is 0. The summed E-state index contributed by atoms with van der Waals surface area (Å²) in [6.07, 6.45) is 5.78. The van der Waals surface area contributed by atoms with Gasteiger partial charge in [0.1, 0.15) is 0 Å². The second-order valence-electron chi connectivity index (χ2n) is 5.22. The maximum Gasteiger partial charge on any atom is 0.0461 e. The van der Waals surface area contributed by atoms with E-state index >= 15 is 0 Å². The number of halogens is 1. The number of nitrogens with zero attached hydrogens (tertiary/aromatic N) is 1. The van der Waals surface area contributed by atoms with Gasteiger partial charge >= 0.3 is 0 Å². The molecule has 0 amide bonds. The fraction of sp³-hybridized carbons (Fsp3) is 0. The largest absolute Gasteiger partial charge is 0.361 e. The van der Waals surface area contributed by atoms with Gasteiger partial charge in [-0.25, -0.2) is 0 Å². The highest BCUT2D eigenvalue weighted by atomic mass is 35.5.